The number of halogens is 1. The number of imidazole rings is 1. The summed E-state index contributed by atoms with van der Waals surface area (Å²) >= 11 is 3.27. The van der Waals surface area contributed by atoms with Crippen molar-refractivity contribution in [3.8, 4) is 0 Å². The molecule has 0 radical (unpaired) electrons. The van der Waals surface area contributed by atoms with E-state index in [1.807, 2.05) is 0 Å². The fourth-order valence-electron chi connectivity index (χ4n) is 1.23. The highest BCUT2D eigenvalue weighted by atomic mass is 79.9. The molecule has 0 saturated heterocycles. The molecule has 0 saturated carbocycles. The Morgan fingerprint density at radius 2 is 2.40 bits per heavy atom. The Morgan fingerprint density at radius 1 is 1.67 bits per heavy atom. The van der Waals surface area contributed by atoms with Crippen LogP contribution in [0.5, 0.6) is 0 Å². The number of rotatable bonds is 2. The molecule has 0 aromatic carbocycles. The molecule has 2 rings (SSSR count). The number of aromatic nitrogens is 3. The average molecular weight is 271 g/mol. The Kier molecular flexibility index (Phi) is 2.31. The summed E-state index contributed by atoms with van der Waals surface area (Å²) in [6.07, 6.45) is 3.00. The van der Waals surface area contributed by atoms with Crippen molar-refractivity contribution < 1.29 is 9.90 Å². The van der Waals surface area contributed by atoms with Gasteiger partial charge in [0.25, 0.3) is 0 Å². The van der Waals surface area contributed by atoms with Crippen molar-refractivity contribution >= 4 is 33.4 Å². The number of aromatic carboxylic acids is 1. The number of anilines is 1. The van der Waals surface area contributed by atoms with Gasteiger partial charge in [0.1, 0.15) is 4.60 Å². The molecule has 2 heterocycles. The van der Waals surface area contributed by atoms with Crippen molar-refractivity contribution in [3.05, 3.63) is 22.7 Å². The predicted octanol–water partition coefficient (Wildman–Crippen LogP) is 1.23. The molecule has 6 nitrogen and oxygen atoms in total. The van der Waals surface area contributed by atoms with Gasteiger partial charge in [-0.1, -0.05) is 0 Å². The van der Waals surface area contributed by atoms with Crippen LogP contribution in [0, 0.1) is 0 Å². The largest absolute Gasteiger partial charge is 0.476 e. The molecule has 0 fully saturated rings. The number of carbonyl (C=O) groups is 1. The van der Waals surface area contributed by atoms with Gasteiger partial charge in [0.15, 0.2) is 17.2 Å². The SMILES string of the molecule is CNc1nc(C(=O)O)cn2c(Br)cnc12. The van der Waals surface area contributed by atoms with E-state index in [0.29, 0.717) is 16.1 Å². The standard InChI is InChI=1S/C8H7BrN4O2/c1-10-6-7-11-2-5(9)13(7)3-4(12-6)8(14)15/h2-3H,1H3,(H,10,12)(H,14,15). The van der Waals surface area contributed by atoms with Crippen molar-refractivity contribution in [2.24, 2.45) is 0 Å². The first kappa shape index (κ1) is 9.91. The van der Waals surface area contributed by atoms with E-state index in [1.54, 1.807) is 17.6 Å². The lowest BCUT2D eigenvalue weighted by Gasteiger charge is -2.04. The molecule has 0 atom stereocenters. The Balaban J connectivity index is 2.79. The highest BCUT2D eigenvalue weighted by molar-refractivity contribution is 9.10. The lowest BCUT2D eigenvalue weighted by molar-refractivity contribution is 0.0690. The number of hydrogen-bond acceptors (Lipinski definition) is 4. The molecule has 0 aliphatic rings. The molecule has 0 unspecified atom stereocenters. The van der Waals surface area contributed by atoms with Gasteiger partial charge in [-0.3, -0.25) is 4.40 Å². The van der Waals surface area contributed by atoms with Gasteiger partial charge in [0.2, 0.25) is 0 Å². The summed E-state index contributed by atoms with van der Waals surface area (Å²) in [5.74, 6) is -0.644. The topological polar surface area (TPSA) is 79.5 Å². The third-order valence-electron chi connectivity index (χ3n) is 1.90. The molecule has 0 aliphatic carbocycles. The van der Waals surface area contributed by atoms with E-state index < -0.39 is 5.97 Å². The van der Waals surface area contributed by atoms with Gasteiger partial charge < -0.3 is 10.4 Å². The molecule has 78 valence electrons. The molecule has 15 heavy (non-hydrogen) atoms. The van der Waals surface area contributed by atoms with E-state index in [-0.39, 0.29) is 5.69 Å². The van der Waals surface area contributed by atoms with Crippen LogP contribution >= 0.6 is 15.9 Å². The van der Waals surface area contributed by atoms with Crippen molar-refractivity contribution in [3.63, 3.8) is 0 Å². The molecule has 2 aromatic heterocycles. The maximum atomic E-state index is 10.8. The molecule has 2 aromatic rings. The van der Waals surface area contributed by atoms with E-state index in [2.05, 4.69) is 31.2 Å². The van der Waals surface area contributed by atoms with Crippen molar-refractivity contribution in [2.45, 2.75) is 0 Å². The number of nitrogens with zero attached hydrogens (tertiary/aromatic N) is 3. The highest BCUT2D eigenvalue weighted by Crippen LogP contribution is 2.19. The number of carboxylic acids is 1. The molecule has 0 aliphatic heterocycles. The zero-order valence-electron chi connectivity index (χ0n) is 7.73. The quantitative estimate of drug-likeness (QED) is 0.858. The third kappa shape index (κ3) is 1.54. The van der Waals surface area contributed by atoms with Gasteiger partial charge in [0.05, 0.1) is 6.20 Å². The zero-order valence-corrected chi connectivity index (χ0v) is 9.32. The molecule has 2 N–H and O–H groups in total. The molecule has 0 spiro atoms. The van der Waals surface area contributed by atoms with E-state index in [9.17, 15) is 4.79 Å². The van der Waals surface area contributed by atoms with Crippen LogP contribution in [0.25, 0.3) is 5.65 Å². The van der Waals surface area contributed by atoms with E-state index in [4.69, 9.17) is 5.11 Å². The van der Waals surface area contributed by atoms with Gasteiger partial charge in [-0.05, 0) is 15.9 Å². The van der Waals surface area contributed by atoms with E-state index >= 15 is 0 Å². The fourth-order valence-corrected chi connectivity index (χ4v) is 1.60. The van der Waals surface area contributed by atoms with Gasteiger partial charge in [-0.15, -0.1) is 0 Å². The van der Waals surface area contributed by atoms with Gasteiger partial charge in [0, 0.05) is 13.2 Å². The van der Waals surface area contributed by atoms with Crippen LogP contribution in [0.3, 0.4) is 0 Å². The highest BCUT2D eigenvalue weighted by Gasteiger charge is 2.12. The number of carboxylic acid groups (broad SMARTS) is 1. The molecule has 0 bridgehead atoms. The monoisotopic (exact) mass is 270 g/mol. The second-order valence-electron chi connectivity index (χ2n) is 2.80. The fraction of sp³-hybridized carbons (Fsp3) is 0.125. The summed E-state index contributed by atoms with van der Waals surface area (Å²) in [5, 5.41) is 11.7. The Bertz CT molecular complexity index is 537. The van der Waals surface area contributed by atoms with Crippen LogP contribution in [0.2, 0.25) is 0 Å². The number of nitrogens with one attached hydrogen (secondary N) is 1. The van der Waals surface area contributed by atoms with Crippen molar-refractivity contribution in [1.82, 2.24) is 14.4 Å². The van der Waals surface area contributed by atoms with Crippen molar-refractivity contribution in [2.75, 3.05) is 12.4 Å². The van der Waals surface area contributed by atoms with Crippen LogP contribution in [-0.4, -0.2) is 32.5 Å². The summed E-state index contributed by atoms with van der Waals surface area (Å²) in [5.41, 5.74) is 0.542. The maximum absolute atomic E-state index is 10.8. The summed E-state index contributed by atoms with van der Waals surface area (Å²) in [7, 11) is 1.66. The lowest BCUT2D eigenvalue weighted by Crippen LogP contribution is -2.07. The minimum Gasteiger partial charge on any atom is -0.476 e. The Morgan fingerprint density at radius 3 is 3.00 bits per heavy atom. The molecular weight excluding hydrogens is 264 g/mol. The first-order valence-corrected chi connectivity index (χ1v) is 4.87. The summed E-state index contributed by atoms with van der Waals surface area (Å²) in [6, 6.07) is 0. The van der Waals surface area contributed by atoms with Crippen LogP contribution in [-0.2, 0) is 0 Å². The molecule has 0 amide bonds. The van der Waals surface area contributed by atoms with E-state index in [1.165, 1.54) is 6.20 Å². The number of hydrogen-bond donors (Lipinski definition) is 2. The van der Waals surface area contributed by atoms with Crippen LogP contribution in [0.1, 0.15) is 10.5 Å². The smallest absolute Gasteiger partial charge is 0.356 e. The number of fused-ring (bicyclic) bond motifs is 1. The Hall–Kier alpha value is -1.63. The van der Waals surface area contributed by atoms with Gasteiger partial charge in [-0.2, -0.15) is 0 Å². The second kappa shape index (κ2) is 3.50. The maximum Gasteiger partial charge on any atom is 0.356 e. The minimum atomic E-state index is -1.08. The predicted molar refractivity (Wildman–Crippen MR) is 57.2 cm³/mol. The van der Waals surface area contributed by atoms with E-state index in [0.717, 1.165) is 0 Å². The Labute approximate surface area is 93.1 Å². The summed E-state index contributed by atoms with van der Waals surface area (Å²) < 4.78 is 2.29. The summed E-state index contributed by atoms with van der Waals surface area (Å²) in [4.78, 5) is 18.8. The first-order valence-electron chi connectivity index (χ1n) is 4.08. The van der Waals surface area contributed by atoms with Gasteiger partial charge in [-0.25, -0.2) is 14.8 Å². The average Bonchev–Trinajstić information content (AvgIpc) is 2.59. The molecular formula is C8H7BrN4O2. The lowest BCUT2D eigenvalue weighted by atomic mass is 10.4. The van der Waals surface area contributed by atoms with Crippen LogP contribution < -0.4 is 5.32 Å². The normalized spacial score (nSPS) is 10.5. The third-order valence-corrected chi connectivity index (χ3v) is 2.49. The second-order valence-corrected chi connectivity index (χ2v) is 3.62. The zero-order chi connectivity index (χ0) is 11.0. The van der Waals surface area contributed by atoms with Crippen LogP contribution in [0.15, 0.2) is 17.0 Å². The van der Waals surface area contributed by atoms with Crippen LogP contribution in [0.4, 0.5) is 5.82 Å². The van der Waals surface area contributed by atoms with Gasteiger partial charge >= 0.3 is 5.97 Å². The van der Waals surface area contributed by atoms with Crippen molar-refractivity contribution in [1.29, 1.82) is 0 Å². The first-order chi connectivity index (χ1) is 7.13. The summed E-state index contributed by atoms with van der Waals surface area (Å²) in [6.45, 7) is 0. The molecule has 7 heteroatoms. The minimum absolute atomic E-state index is 0.0365.